The lowest BCUT2D eigenvalue weighted by Crippen LogP contribution is -2.52. The summed E-state index contributed by atoms with van der Waals surface area (Å²) in [7, 11) is -1.45. The molecular weight excluding hydrogens is 1390 g/mol. The van der Waals surface area contributed by atoms with E-state index >= 15 is 0 Å². The minimum absolute atomic E-state index is 0.288. The molecule has 574 valence electrons. The third kappa shape index (κ3) is 22.5. The number of rotatable bonds is 26. The normalized spacial score (nSPS) is 11.5. The van der Waals surface area contributed by atoms with Crippen LogP contribution >= 0.6 is 0 Å². The number of hydrogen-bond donors (Lipinski definition) is 2. The van der Waals surface area contributed by atoms with E-state index in [2.05, 4.69) is 155 Å². The number of hydrogen-bond acceptors (Lipinski definition) is 12. The van der Waals surface area contributed by atoms with Gasteiger partial charge in [0.1, 0.15) is 63.2 Å². The van der Waals surface area contributed by atoms with Crippen molar-refractivity contribution < 1.29 is 56.3 Å². The Hall–Kier alpha value is -9.23. The third-order valence-corrected chi connectivity index (χ3v) is 31.6. The maximum absolute atomic E-state index is 10.2. The van der Waals surface area contributed by atoms with Crippen LogP contribution in [0.3, 0.4) is 0 Å². The zero-order valence-electron chi connectivity index (χ0n) is 69.5. The van der Waals surface area contributed by atoms with Gasteiger partial charge in [-0.3, -0.25) is 0 Å². The molecule has 10 aromatic rings. The molecule has 0 aliphatic carbocycles. The molecule has 0 bridgehead atoms. The van der Waals surface area contributed by atoms with Gasteiger partial charge in [0.15, 0.2) is 39.6 Å². The van der Waals surface area contributed by atoms with E-state index < -0.39 is 25.2 Å². The van der Waals surface area contributed by atoms with E-state index in [1.807, 2.05) is 148 Å². The fourth-order valence-electron chi connectivity index (χ4n) is 14.3. The Morgan fingerprint density at radius 1 is 0.278 bits per heavy atom. The third-order valence-electron chi connectivity index (χ3n) is 20.1. The Morgan fingerprint density at radius 2 is 0.556 bits per heavy atom. The monoisotopic (exact) mass is 1510 g/mol. The lowest BCUT2D eigenvalue weighted by atomic mass is 9.93. The summed E-state index contributed by atoms with van der Waals surface area (Å²) >= 11 is 0. The van der Waals surface area contributed by atoms with Gasteiger partial charge in [0.2, 0.25) is 0 Å². The number of aryl methyl sites for hydroxylation is 18. The molecule has 0 radical (unpaired) electrons. The van der Waals surface area contributed by atoms with Crippen LogP contribution in [0.1, 0.15) is 124 Å². The second-order valence-corrected chi connectivity index (χ2v) is 43.6. The van der Waals surface area contributed by atoms with Crippen molar-refractivity contribution in [1.29, 1.82) is 0 Å². The van der Waals surface area contributed by atoms with Crippen LogP contribution < -0.4 is 37.9 Å². The SMILES string of the molecule is COc1c(C)cc(Oc2c(C)cccc2C)cc1C.COc1cc(CCC[Si](C)(C)O[Si](C)(C)O[Si](C)(C)CCCc2ccc(Oc3cc(C)c(Oc4cc(C)c(O)c(C)c4)c(C)c3)c(OC)c2)ccc1Oc1cc(C)c(Oc2cc(C)c(O)c(C)c2)c(C)c1.Cc1cc(-c2cc(C)c(C)c(C)c2)cc(C)c1C. The minimum Gasteiger partial charge on any atom is -0.507 e. The zero-order chi connectivity index (χ0) is 79.4. The summed E-state index contributed by atoms with van der Waals surface area (Å²) in [6, 6.07) is 49.1. The summed E-state index contributed by atoms with van der Waals surface area (Å²) in [5, 5.41) is 20.4. The standard InChI is InChI=1S/C58H76O10Si3.C18H22.C17H20O2/c1-37-27-49(28-38(2)55(37)59)65-57-41(5)31-47(32-42(57)6)63-51-23-21-45(35-53(51)61-9)19-17-25-69(11,12)67-71(15,16)68-70(13,14)26-18-20-46-22-24-52(54(36-46)62-10)64-48-33-43(7)58(44(8)34-48)66-50-29-39(3)56(60)40(4)30-50;1-11-7-17(8-12(2)15(11)5)18-9-13(3)16(6)14(4)10-18;1-11-7-6-8-12(2)17(11)19-15-9-13(3)16(18-5)14(4)10-15/h21-24,27-36,59-60H,17-20,25-26H2,1-16H3;7-10H,1-6H3;6-10H,1-5H3. The van der Waals surface area contributed by atoms with Crippen molar-refractivity contribution in [1.82, 2.24) is 0 Å². The number of aromatic hydroxyl groups is 2. The molecule has 0 aliphatic heterocycles. The molecule has 0 saturated carbocycles. The summed E-state index contributed by atoms with van der Waals surface area (Å²) in [4.78, 5) is 0. The molecule has 0 heterocycles. The molecule has 0 atom stereocenters. The highest BCUT2D eigenvalue weighted by Gasteiger charge is 2.39. The number of para-hydroxylation sites is 1. The van der Waals surface area contributed by atoms with Gasteiger partial charge in [0, 0.05) is 0 Å². The van der Waals surface area contributed by atoms with Gasteiger partial charge in [0.25, 0.3) is 0 Å². The average molecular weight is 1510 g/mol. The van der Waals surface area contributed by atoms with Gasteiger partial charge in [-0.15, -0.1) is 0 Å². The smallest absolute Gasteiger partial charge is 0.311 e. The van der Waals surface area contributed by atoms with Gasteiger partial charge < -0.3 is 56.3 Å². The Labute approximate surface area is 648 Å². The van der Waals surface area contributed by atoms with Crippen LogP contribution in [0.15, 0.2) is 140 Å². The molecule has 0 aromatic heterocycles. The predicted molar refractivity (Wildman–Crippen MR) is 453 cm³/mol. The first-order valence-corrected chi connectivity index (χ1v) is 46.7. The number of benzene rings is 10. The van der Waals surface area contributed by atoms with Crippen LogP contribution in [0.4, 0.5) is 0 Å². The summed E-state index contributed by atoms with van der Waals surface area (Å²) in [5.74, 6) is 10.3. The van der Waals surface area contributed by atoms with E-state index in [1.54, 1.807) is 21.3 Å². The van der Waals surface area contributed by atoms with Crippen LogP contribution in [-0.2, 0) is 21.1 Å². The zero-order valence-corrected chi connectivity index (χ0v) is 72.5. The Kier molecular flexibility index (Phi) is 28.4. The molecule has 10 rings (SSSR count). The maximum atomic E-state index is 10.2. The van der Waals surface area contributed by atoms with Gasteiger partial charge >= 0.3 is 8.56 Å². The molecule has 15 heteroatoms. The van der Waals surface area contributed by atoms with E-state index in [1.165, 1.54) is 55.6 Å². The number of methoxy groups -OCH3 is 3. The molecule has 2 N–H and O–H groups in total. The van der Waals surface area contributed by atoms with Crippen molar-refractivity contribution in [2.75, 3.05) is 21.3 Å². The molecule has 0 amide bonds. The Morgan fingerprint density at radius 3 is 0.852 bits per heavy atom. The van der Waals surface area contributed by atoms with Crippen molar-refractivity contribution in [3.05, 3.63) is 251 Å². The highest BCUT2D eigenvalue weighted by Crippen LogP contribution is 2.43. The fraction of sp³-hybridized carbons (Fsp3) is 0.355. The number of phenolic OH excluding ortho intramolecular Hbond substituents is 2. The maximum Gasteiger partial charge on any atom is 0.311 e. The van der Waals surface area contributed by atoms with Crippen molar-refractivity contribution in [2.45, 2.75) is 202 Å². The van der Waals surface area contributed by atoms with Gasteiger partial charge in [-0.05, 0) is 409 Å². The topological polar surface area (TPSA) is 133 Å². The van der Waals surface area contributed by atoms with E-state index in [-0.39, 0.29) is 11.5 Å². The van der Waals surface area contributed by atoms with Crippen LogP contribution in [0.2, 0.25) is 51.4 Å². The van der Waals surface area contributed by atoms with Crippen molar-refractivity contribution >= 4 is 25.2 Å². The highest BCUT2D eigenvalue weighted by molar-refractivity contribution is 6.87. The summed E-state index contributed by atoms with van der Waals surface area (Å²) in [6.07, 6.45) is 3.82. The molecular formula is C93H118O12Si3. The van der Waals surface area contributed by atoms with E-state index in [0.717, 1.165) is 133 Å². The first-order valence-electron chi connectivity index (χ1n) is 37.6. The number of phenols is 2. The van der Waals surface area contributed by atoms with Gasteiger partial charge in [-0.25, -0.2) is 0 Å². The molecule has 0 saturated heterocycles. The fourth-order valence-corrected chi connectivity index (χ4v) is 28.3. The summed E-state index contributed by atoms with van der Waals surface area (Å²) in [5.41, 5.74) is 24.7. The van der Waals surface area contributed by atoms with Crippen molar-refractivity contribution in [3.63, 3.8) is 0 Å². The first-order chi connectivity index (χ1) is 50.8. The predicted octanol–water partition coefficient (Wildman–Crippen LogP) is 26.4. The minimum atomic E-state index is -2.41. The molecule has 0 spiro atoms. The Balaban J connectivity index is 0.000000318. The highest BCUT2D eigenvalue weighted by atomic mass is 28.5. The van der Waals surface area contributed by atoms with Gasteiger partial charge in [-0.2, -0.15) is 0 Å². The molecule has 0 fully saturated rings. The second-order valence-electron chi connectivity index (χ2n) is 31.2. The van der Waals surface area contributed by atoms with Crippen LogP contribution in [0.25, 0.3) is 11.1 Å². The summed E-state index contributed by atoms with van der Waals surface area (Å²) in [6.45, 7) is 50.5. The van der Waals surface area contributed by atoms with Gasteiger partial charge in [-0.1, -0.05) is 54.6 Å². The van der Waals surface area contributed by atoms with Crippen LogP contribution in [0, 0.1) is 125 Å². The van der Waals surface area contributed by atoms with E-state index in [9.17, 15) is 10.2 Å². The molecule has 12 nitrogen and oxygen atoms in total. The van der Waals surface area contributed by atoms with E-state index in [0.29, 0.717) is 46.0 Å². The lowest BCUT2D eigenvalue weighted by molar-refractivity contribution is 0.377. The summed E-state index contributed by atoms with van der Waals surface area (Å²) < 4.78 is 62.4. The molecule has 0 unspecified atom stereocenters. The van der Waals surface area contributed by atoms with Crippen molar-refractivity contribution in [2.24, 2.45) is 0 Å². The lowest BCUT2D eigenvalue weighted by Gasteiger charge is -2.39. The van der Waals surface area contributed by atoms with Gasteiger partial charge in [0.05, 0.1) is 21.3 Å². The van der Waals surface area contributed by atoms with Crippen LogP contribution in [0.5, 0.6) is 86.2 Å². The molecule has 108 heavy (non-hydrogen) atoms. The number of ether oxygens (including phenoxy) is 8. The van der Waals surface area contributed by atoms with Crippen LogP contribution in [-0.4, -0.2) is 56.7 Å². The molecule has 10 aromatic carbocycles. The first kappa shape index (κ1) is 84.4. The molecule has 0 aliphatic rings. The second kappa shape index (κ2) is 36.3. The Bertz CT molecular complexity index is 4430. The van der Waals surface area contributed by atoms with Crippen molar-refractivity contribution in [3.8, 4) is 97.4 Å². The average Bonchev–Trinajstić information content (AvgIpc) is 0.820. The largest absolute Gasteiger partial charge is 0.507 e. The quantitative estimate of drug-likeness (QED) is 0.0500. The van der Waals surface area contributed by atoms with E-state index in [4.69, 9.17) is 46.1 Å².